The molecule has 0 radical (unpaired) electrons. The Labute approximate surface area is 187 Å². The van der Waals surface area contributed by atoms with Crippen LogP contribution in [-0.4, -0.2) is 28.8 Å². The van der Waals surface area contributed by atoms with Crippen molar-refractivity contribution in [2.24, 2.45) is 10.7 Å². The Kier molecular flexibility index (Phi) is 5.36. The molecule has 0 fully saturated rings. The van der Waals surface area contributed by atoms with Crippen LogP contribution >= 0.6 is 11.6 Å². The molecule has 1 aliphatic heterocycles. The molecular formula is C23H16ClF2N5O. The van der Waals surface area contributed by atoms with Gasteiger partial charge in [-0.25, -0.2) is 13.8 Å². The predicted molar refractivity (Wildman–Crippen MR) is 116 cm³/mol. The predicted octanol–water partition coefficient (Wildman–Crippen LogP) is 4.24. The second kappa shape index (κ2) is 8.02. The number of rotatable bonds is 4. The molecule has 0 saturated heterocycles. The minimum atomic E-state index is -2.83. The van der Waals surface area contributed by atoms with Crippen molar-refractivity contribution in [3.05, 3.63) is 88.2 Å². The number of nitrogens with zero attached hydrogens (tertiary/aromatic N) is 4. The molecule has 2 N–H and O–H groups in total. The average Bonchev–Trinajstić information content (AvgIpc) is 3.03. The Bertz CT molecular complexity index is 1300. The van der Waals surface area contributed by atoms with Crippen molar-refractivity contribution in [1.82, 2.24) is 9.88 Å². The zero-order valence-electron chi connectivity index (χ0n) is 16.8. The summed E-state index contributed by atoms with van der Waals surface area (Å²) < 4.78 is 26.7. The summed E-state index contributed by atoms with van der Waals surface area (Å²) in [5, 5.41) is 9.52. The van der Waals surface area contributed by atoms with E-state index in [-0.39, 0.29) is 11.5 Å². The van der Waals surface area contributed by atoms with Crippen molar-refractivity contribution in [3.63, 3.8) is 0 Å². The van der Waals surface area contributed by atoms with Crippen molar-refractivity contribution in [3.8, 4) is 17.2 Å². The van der Waals surface area contributed by atoms with Gasteiger partial charge in [-0.05, 0) is 64.7 Å². The molecule has 0 spiro atoms. The largest absolute Gasteiger partial charge is 0.369 e. The topological polar surface area (TPSA) is 95.4 Å². The van der Waals surface area contributed by atoms with Gasteiger partial charge < -0.3 is 5.73 Å². The zero-order chi connectivity index (χ0) is 23.0. The van der Waals surface area contributed by atoms with E-state index in [4.69, 9.17) is 17.3 Å². The van der Waals surface area contributed by atoms with Crippen LogP contribution in [0.4, 0.5) is 8.78 Å². The van der Waals surface area contributed by atoms with Crippen molar-refractivity contribution in [1.29, 1.82) is 5.26 Å². The van der Waals surface area contributed by atoms with Gasteiger partial charge in [0.15, 0.2) is 11.5 Å². The molecule has 160 valence electrons. The van der Waals surface area contributed by atoms with E-state index in [0.29, 0.717) is 27.3 Å². The van der Waals surface area contributed by atoms with Gasteiger partial charge in [-0.3, -0.25) is 14.7 Å². The monoisotopic (exact) mass is 451 g/mol. The minimum Gasteiger partial charge on any atom is -0.369 e. The van der Waals surface area contributed by atoms with Crippen LogP contribution in [0, 0.1) is 11.3 Å². The van der Waals surface area contributed by atoms with Gasteiger partial charge in [-0.2, -0.15) is 5.26 Å². The number of carbonyl (C=O) groups is 1. The first-order valence-electron chi connectivity index (χ1n) is 9.46. The fourth-order valence-corrected chi connectivity index (χ4v) is 3.95. The molecule has 3 aromatic rings. The fourth-order valence-electron chi connectivity index (χ4n) is 3.71. The van der Waals surface area contributed by atoms with Gasteiger partial charge >= 0.3 is 0 Å². The highest BCUT2D eigenvalue weighted by Crippen LogP contribution is 2.42. The molecule has 1 aliphatic rings. The third kappa shape index (κ3) is 3.47. The van der Waals surface area contributed by atoms with E-state index in [9.17, 15) is 18.8 Å². The number of pyridine rings is 1. The lowest BCUT2D eigenvalue weighted by Crippen LogP contribution is -2.41. The molecule has 6 nitrogen and oxygen atoms in total. The molecule has 1 aromatic heterocycles. The number of carbonyl (C=O) groups excluding carboxylic acids is 1. The first kappa shape index (κ1) is 21.4. The highest BCUT2D eigenvalue weighted by molar-refractivity contribution is 6.31. The van der Waals surface area contributed by atoms with E-state index >= 15 is 0 Å². The van der Waals surface area contributed by atoms with Crippen molar-refractivity contribution < 1.29 is 13.6 Å². The third-order valence-electron chi connectivity index (χ3n) is 5.30. The van der Waals surface area contributed by atoms with Gasteiger partial charge in [0.1, 0.15) is 5.69 Å². The molecule has 1 atom stereocenters. The van der Waals surface area contributed by atoms with E-state index in [1.807, 2.05) is 0 Å². The number of likely N-dealkylation sites (N-methyl/N-ethyl adjacent to an activating group) is 1. The van der Waals surface area contributed by atoms with Crippen LogP contribution in [0.25, 0.3) is 11.1 Å². The van der Waals surface area contributed by atoms with Gasteiger partial charge in [-0.1, -0.05) is 23.7 Å². The van der Waals surface area contributed by atoms with Crippen LogP contribution in [0.5, 0.6) is 0 Å². The number of hydrogen-bond acceptors (Lipinski definition) is 5. The number of halogens is 3. The number of guanidine groups is 1. The number of benzene rings is 2. The number of aliphatic imine (C=N–C) groups is 1. The maximum atomic E-state index is 13.4. The quantitative estimate of drug-likeness (QED) is 0.641. The van der Waals surface area contributed by atoms with Gasteiger partial charge in [0.2, 0.25) is 0 Å². The van der Waals surface area contributed by atoms with Crippen molar-refractivity contribution >= 4 is 23.5 Å². The van der Waals surface area contributed by atoms with Crippen LogP contribution in [0.15, 0.2) is 65.8 Å². The van der Waals surface area contributed by atoms with Crippen LogP contribution < -0.4 is 5.73 Å². The molecule has 0 bridgehead atoms. The van der Waals surface area contributed by atoms with Crippen LogP contribution in [-0.2, 0) is 10.3 Å². The van der Waals surface area contributed by atoms with E-state index in [0.717, 1.165) is 6.07 Å². The lowest BCUT2D eigenvalue weighted by molar-refractivity contribution is -0.129. The Balaban J connectivity index is 1.98. The third-order valence-corrected chi connectivity index (χ3v) is 5.52. The summed E-state index contributed by atoms with van der Waals surface area (Å²) in [5.74, 6) is -0.571. The Morgan fingerprint density at radius 1 is 1.12 bits per heavy atom. The van der Waals surface area contributed by atoms with E-state index < -0.39 is 23.6 Å². The maximum Gasteiger partial charge on any atom is 0.280 e. The molecular weight excluding hydrogens is 436 g/mol. The number of aromatic nitrogens is 1. The summed E-state index contributed by atoms with van der Waals surface area (Å²) in [6.07, 6.45) is -1.62. The highest BCUT2D eigenvalue weighted by atomic mass is 35.5. The number of nitrogens with two attached hydrogens (primary N) is 1. The van der Waals surface area contributed by atoms with Gasteiger partial charge in [-0.15, -0.1) is 0 Å². The van der Waals surface area contributed by atoms with Crippen LogP contribution in [0.3, 0.4) is 0 Å². The molecule has 4 rings (SSSR count). The van der Waals surface area contributed by atoms with Gasteiger partial charge in [0.25, 0.3) is 12.3 Å². The standard InChI is InChI=1S/C23H16ClF2N5O/c1-31-21(32)23(30-22(31)28,16-5-6-29-19(11-16)20(25)26)17-8-15(9-18(24)10-17)14-4-2-3-13(7-14)12-27/h2-11,20H,1H3,(H2,28,30). The van der Waals surface area contributed by atoms with Crippen molar-refractivity contribution in [2.75, 3.05) is 7.05 Å². The first-order chi connectivity index (χ1) is 15.3. The fraction of sp³-hybridized carbons (Fsp3) is 0.130. The lowest BCUT2D eigenvalue weighted by atomic mass is 9.81. The Morgan fingerprint density at radius 2 is 1.91 bits per heavy atom. The molecule has 9 heteroatoms. The Hall–Kier alpha value is -3.83. The summed E-state index contributed by atoms with van der Waals surface area (Å²) >= 11 is 6.40. The second-order valence-corrected chi connectivity index (χ2v) is 7.67. The summed E-state index contributed by atoms with van der Waals surface area (Å²) in [5.41, 5.74) is 6.09. The maximum absolute atomic E-state index is 13.4. The smallest absolute Gasteiger partial charge is 0.280 e. The van der Waals surface area contributed by atoms with E-state index in [1.165, 1.54) is 24.2 Å². The highest BCUT2D eigenvalue weighted by Gasteiger charge is 2.50. The number of nitriles is 1. The number of hydrogen-bond donors (Lipinski definition) is 1. The van der Waals surface area contributed by atoms with E-state index in [1.54, 1.807) is 42.5 Å². The molecule has 0 aliphatic carbocycles. The zero-order valence-corrected chi connectivity index (χ0v) is 17.5. The molecule has 2 aromatic carbocycles. The molecule has 32 heavy (non-hydrogen) atoms. The summed E-state index contributed by atoms with van der Waals surface area (Å²) in [7, 11) is 1.46. The van der Waals surface area contributed by atoms with Crippen molar-refractivity contribution in [2.45, 2.75) is 12.0 Å². The summed E-state index contributed by atoms with van der Waals surface area (Å²) in [6.45, 7) is 0. The van der Waals surface area contributed by atoms with E-state index in [2.05, 4.69) is 16.0 Å². The van der Waals surface area contributed by atoms with Crippen LogP contribution in [0.2, 0.25) is 5.02 Å². The number of alkyl halides is 2. The molecule has 1 unspecified atom stereocenters. The first-order valence-corrected chi connectivity index (χ1v) is 9.83. The SMILES string of the molecule is CN1C(=O)C(c2cc(Cl)cc(-c3cccc(C#N)c3)c2)(c2ccnc(C(F)F)c2)N=C1N. The minimum absolute atomic E-state index is 0.0570. The summed E-state index contributed by atoms with van der Waals surface area (Å²) in [6, 6.07) is 16.5. The molecule has 2 heterocycles. The van der Waals surface area contributed by atoms with Gasteiger partial charge in [0.05, 0.1) is 11.6 Å². The molecule has 0 saturated carbocycles. The number of amides is 1. The lowest BCUT2D eigenvalue weighted by Gasteiger charge is -2.27. The molecule has 1 amide bonds. The summed E-state index contributed by atoms with van der Waals surface area (Å²) in [4.78, 5) is 22.7. The van der Waals surface area contributed by atoms with Crippen LogP contribution in [0.1, 0.15) is 28.8 Å². The Morgan fingerprint density at radius 3 is 2.56 bits per heavy atom. The average molecular weight is 452 g/mol. The second-order valence-electron chi connectivity index (χ2n) is 7.24. The normalized spacial score (nSPS) is 18.1. The van der Waals surface area contributed by atoms with Gasteiger partial charge in [0, 0.05) is 18.3 Å².